The Morgan fingerprint density at radius 1 is 1.00 bits per heavy atom. The number of fused-ring (bicyclic) bond motifs is 1. The van der Waals surface area contributed by atoms with E-state index in [2.05, 4.69) is 0 Å². The Bertz CT molecular complexity index is 1340. The number of halogens is 2. The molecule has 4 aromatic rings. The SMILES string of the molecule is COc1ccc(-c2c(C)oc3cc(OCc4c(F)cccc4Cl)ccc3c2=O)cc1OC. The Morgan fingerprint density at radius 2 is 1.78 bits per heavy atom. The summed E-state index contributed by atoms with van der Waals surface area (Å²) in [5.41, 5.74) is 1.54. The summed E-state index contributed by atoms with van der Waals surface area (Å²) in [6, 6.07) is 14.6. The maximum atomic E-state index is 14.0. The summed E-state index contributed by atoms with van der Waals surface area (Å²) in [6.45, 7) is 1.67. The van der Waals surface area contributed by atoms with Gasteiger partial charge in [-0.2, -0.15) is 0 Å². The average molecular weight is 455 g/mol. The Hall–Kier alpha value is -3.51. The monoisotopic (exact) mass is 454 g/mol. The van der Waals surface area contributed by atoms with Crippen LogP contribution in [0, 0.1) is 12.7 Å². The first kappa shape index (κ1) is 21.7. The normalized spacial score (nSPS) is 10.9. The third-order valence-corrected chi connectivity index (χ3v) is 5.51. The van der Waals surface area contributed by atoms with Gasteiger partial charge in [0.25, 0.3) is 0 Å². The highest BCUT2D eigenvalue weighted by atomic mass is 35.5. The number of benzene rings is 3. The molecular weight excluding hydrogens is 435 g/mol. The number of hydrogen-bond acceptors (Lipinski definition) is 5. The minimum Gasteiger partial charge on any atom is -0.493 e. The van der Waals surface area contributed by atoms with E-state index in [9.17, 15) is 9.18 Å². The highest BCUT2D eigenvalue weighted by Gasteiger charge is 2.16. The zero-order valence-electron chi connectivity index (χ0n) is 17.7. The van der Waals surface area contributed by atoms with E-state index in [0.29, 0.717) is 45.1 Å². The Balaban J connectivity index is 1.70. The maximum Gasteiger partial charge on any atom is 0.200 e. The molecule has 1 heterocycles. The molecule has 0 fully saturated rings. The minimum atomic E-state index is -0.444. The van der Waals surface area contributed by atoms with Crippen LogP contribution in [0.5, 0.6) is 17.2 Å². The molecule has 1 aromatic heterocycles. The lowest BCUT2D eigenvalue weighted by Gasteiger charge is -2.12. The number of methoxy groups -OCH3 is 2. The second kappa shape index (κ2) is 8.93. The number of aryl methyl sites for hydroxylation is 1. The van der Waals surface area contributed by atoms with Crippen molar-refractivity contribution < 1.29 is 23.0 Å². The van der Waals surface area contributed by atoms with E-state index in [-0.39, 0.29) is 22.6 Å². The summed E-state index contributed by atoms with van der Waals surface area (Å²) >= 11 is 6.05. The van der Waals surface area contributed by atoms with Gasteiger partial charge in [0.1, 0.15) is 29.5 Å². The second-order valence-corrected chi connectivity index (χ2v) is 7.49. The molecule has 0 saturated carbocycles. The highest BCUT2D eigenvalue weighted by Crippen LogP contribution is 2.33. The van der Waals surface area contributed by atoms with Crippen LogP contribution < -0.4 is 19.6 Å². The Kier molecular flexibility index (Phi) is 6.06. The van der Waals surface area contributed by atoms with Crippen molar-refractivity contribution in [2.45, 2.75) is 13.5 Å². The summed E-state index contributed by atoms with van der Waals surface area (Å²) in [5, 5.41) is 0.685. The lowest BCUT2D eigenvalue weighted by molar-refractivity contribution is 0.300. The van der Waals surface area contributed by atoms with Crippen molar-refractivity contribution in [3.63, 3.8) is 0 Å². The molecule has 5 nitrogen and oxygen atoms in total. The maximum absolute atomic E-state index is 14.0. The van der Waals surface area contributed by atoms with Gasteiger partial charge in [0.05, 0.1) is 30.2 Å². The first-order valence-electron chi connectivity index (χ1n) is 9.78. The topological polar surface area (TPSA) is 57.9 Å². The molecule has 0 N–H and O–H groups in total. The van der Waals surface area contributed by atoms with E-state index < -0.39 is 5.82 Å². The molecule has 32 heavy (non-hydrogen) atoms. The fourth-order valence-corrected chi connectivity index (χ4v) is 3.74. The molecule has 3 aromatic carbocycles. The molecule has 0 radical (unpaired) electrons. The molecule has 0 atom stereocenters. The van der Waals surface area contributed by atoms with Crippen LogP contribution in [0.25, 0.3) is 22.1 Å². The molecule has 0 bridgehead atoms. The molecule has 0 aliphatic rings. The van der Waals surface area contributed by atoms with Crippen LogP contribution in [0.15, 0.2) is 63.8 Å². The molecule has 0 aliphatic heterocycles. The second-order valence-electron chi connectivity index (χ2n) is 7.08. The van der Waals surface area contributed by atoms with Crippen molar-refractivity contribution in [2.24, 2.45) is 0 Å². The van der Waals surface area contributed by atoms with E-state index in [1.54, 1.807) is 56.5 Å². The van der Waals surface area contributed by atoms with Gasteiger partial charge in [0.2, 0.25) is 5.43 Å². The number of rotatable bonds is 6. The molecule has 0 unspecified atom stereocenters. The summed E-state index contributed by atoms with van der Waals surface area (Å²) < 4.78 is 36.2. The van der Waals surface area contributed by atoms with Crippen LogP contribution in [0.3, 0.4) is 0 Å². The quantitative estimate of drug-likeness (QED) is 0.349. The fraction of sp³-hybridized carbons (Fsp3) is 0.160. The largest absolute Gasteiger partial charge is 0.493 e. The van der Waals surface area contributed by atoms with E-state index in [1.165, 1.54) is 19.2 Å². The van der Waals surface area contributed by atoms with Crippen molar-refractivity contribution in [1.82, 2.24) is 0 Å². The molecule has 0 amide bonds. The lowest BCUT2D eigenvalue weighted by Crippen LogP contribution is -2.08. The third kappa shape index (κ3) is 4.01. The Morgan fingerprint density at radius 3 is 2.50 bits per heavy atom. The van der Waals surface area contributed by atoms with Crippen molar-refractivity contribution in [2.75, 3.05) is 14.2 Å². The van der Waals surface area contributed by atoms with Crippen LogP contribution in [0.1, 0.15) is 11.3 Å². The molecule has 0 spiro atoms. The zero-order chi connectivity index (χ0) is 22.8. The van der Waals surface area contributed by atoms with Gasteiger partial charge in [-0.1, -0.05) is 23.7 Å². The summed E-state index contributed by atoms with van der Waals surface area (Å²) in [5.74, 6) is 1.51. The molecule has 7 heteroatoms. The summed E-state index contributed by atoms with van der Waals surface area (Å²) in [7, 11) is 3.08. The zero-order valence-corrected chi connectivity index (χ0v) is 18.5. The minimum absolute atomic E-state index is 0.0516. The van der Waals surface area contributed by atoms with E-state index in [1.807, 2.05) is 0 Å². The van der Waals surface area contributed by atoms with Crippen molar-refractivity contribution in [3.05, 3.63) is 87.0 Å². The number of hydrogen-bond donors (Lipinski definition) is 0. The average Bonchev–Trinajstić information content (AvgIpc) is 2.78. The smallest absolute Gasteiger partial charge is 0.200 e. The van der Waals surface area contributed by atoms with Gasteiger partial charge in [-0.15, -0.1) is 0 Å². The van der Waals surface area contributed by atoms with E-state index >= 15 is 0 Å². The van der Waals surface area contributed by atoms with Crippen LogP contribution in [-0.4, -0.2) is 14.2 Å². The fourth-order valence-electron chi connectivity index (χ4n) is 3.53. The van der Waals surface area contributed by atoms with Gasteiger partial charge in [-0.05, 0) is 48.9 Å². The van der Waals surface area contributed by atoms with Crippen LogP contribution in [0.4, 0.5) is 4.39 Å². The summed E-state index contributed by atoms with van der Waals surface area (Å²) in [6.07, 6.45) is 0. The Labute approximate surface area is 188 Å². The number of ether oxygens (including phenoxy) is 3. The van der Waals surface area contributed by atoms with Gasteiger partial charge in [-0.3, -0.25) is 4.79 Å². The van der Waals surface area contributed by atoms with E-state index in [4.69, 9.17) is 30.2 Å². The predicted octanol–water partition coefficient (Wildman–Crippen LogP) is 6.16. The van der Waals surface area contributed by atoms with Gasteiger partial charge in [-0.25, -0.2) is 4.39 Å². The predicted molar refractivity (Wildman–Crippen MR) is 122 cm³/mol. The molecule has 0 aliphatic carbocycles. The van der Waals surface area contributed by atoms with Crippen molar-refractivity contribution in [1.29, 1.82) is 0 Å². The van der Waals surface area contributed by atoms with E-state index in [0.717, 1.165) is 0 Å². The van der Waals surface area contributed by atoms with Gasteiger partial charge in [0, 0.05) is 11.6 Å². The van der Waals surface area contributed by atoms with Crippen molar-refractivity contribution >= 4 is 22.6 Å². The molecule has 164 valence electrons. The lowest BCUT2D eigenvalue weighted by atomic mass is 10.0. The highest BCUT2D eigenvalue weighted by molar-refractivity contribution is 6.31. The van der Waals surface area contributed by atoms with Gasteiger partial charge >= 0.3 is 0 Å². The van der Waals surface area contributed by atoms with Crippen LogP contribution >= 0.6 is 11.6 Å². The van der Waals surface area contributed by atoms with Gasteiger partial charge < -0.3 is 18.6 Å². The molecule has 0 saturated heterocycles. The van der Waals surface area contributed by atoms with Crippen molar-refractivity contribution in [3.8, 4) is 28.4 Å². The third-order valence-electron chi connectivity index (χ3n) is 5.16. The molecule has 4 rings (SSSR count). The van der Waals surface area contributed by atoms with Gasteiger partial charge in [0.15, 0.2) is 11.5 Å². The van der Waals surface area contributed by atoms with Crippen LogP contribution in [-0.2, 0) is 6.61 Å². The van der Waals surface area contributed by atoms with Crippen LogP contribution in [0.2, 0.25) is 5.02 Å². The first-order valence-corrected chi connectivity index (χ1v) is 10.2. The summed E-state index contributed by atoms with van der Waals surface area (Å²) in [4.78, 5) is 13.2. The first-order chi connectivity index (χ1) is 15.4. The molecular formula is C25H20ClFO5. The standard InChI is InChI=1S/C25H20ClFO5/c1-14-24(15-7-10-21(29-2)23(11-15)30-3)25(28)17-9-8-16(12-22(17)32-14)31-13-18-19(26)5-4-6-20(18)27/h4-12H,13H2,1-3H3.